The monoisotopic (exact) mass is 246 g/mol. The van der Waals surface area contributed by atoms with Crippen LogP contribution in [0.25, 0.3) is 0 Å². The Balaban J connectivity index is 1.60. The molecule has 18 heavy (non-hydrogen) atoms. The van der Waals surface area contributed by atoms with E-state index in [1.165, 1.54) is 44.3 Å². The third kappa shape index (κ3) is 3.03. The molecule has 1 unspecified atom stereocenters. The van der Waals surface area contributed by atoms with Gasteiger partial charge in [-0.3, -0.25) is 4.90 Å². The Kier molecular flexibility index (Phi) is 3.52. The van der Waals surface area contributed by atoms with Crippen LogP contribution in [0.2, 0.25) is 0 Å². The largest absolute Gasteiger partial charge is 0.508 e. The number of phenols is 1. The third-order valence-electron chi connectivity index (χ3n) is 4.00. The summed E-state index contributed by atoms with van der Waals surface area (Å²) in [5.41, 5.74) is 1.30. The highest BCUT2D eigenvalue weighted by Crippen LogP contribution is 2.29. The zero-order chi connectivity index (χ0) is 12.4. The second kappa shape index (κ2) is 5.29. The minimum atomic E-state index is 0.356. The van der Waals surface area contributed by atoms with E-state index >= 15 is 0 Å². The summed E-state index contributed by atoms with van der Waals surface area (Å²) in [4.78, 5) is 2.61. The SMILES string of the molecule is Oc1ccc(CN(CC2CCCN2)C2CC2)cc1. The van der Waals surface area contributed by atoms with Gasteiger partial charge in [-0.2, -0.15) is 0 Å². The maximum absolute atomic E-state index is 9.32. The molecule has 2 fully saturated rings. The molecule has 1 heterocycles. The highest BCUT2D eigenvalue weighted by molar-refractivity contribution is 5.26. The fourth-order valence-corrected chi connectivity index (χ4v) is 2.81. The maximum Gasteiger partial charge on any atom is 0.115 e. The van der Waals surface area contributed by atoms with Gasteiger partial charge >= 0.3 is 0 Å². The van der Waals surface area contributed by atoms with E-state index in [1.807, 2.05) is 12.1 Å². The van der Waals surface area contributed by atoms with Crippen molar-refractivity contribution in [2.45, 2.75) is 44.3 Å². The lowest BCUT2D eigenvalue weighted by atomic mass is 10.1. The van der Waals surface area contributed by atoms with Gasteiger partial charge in [0, 0.05) is 25.2 Å². The van der Waals surface area contributed by atoms with E-state index in [1.54, 1.807) is 12.1 Å². The first-order valence-electron chi connectivity index (χ1n) is 7.06. The molecule has 0 radical (unpaired) electrons. The van der Waals surface area contributed by atoms with E-state index in [2.05, 4.69) is 10.2 Å². The zero-order valence-corrected chi connectivity index (χ0v) is 10.8. The van der Waals surface area contributed by atoms with Crippen LogP contribution >= 0.6 is 0 Å². The molecule has 3 rings (SSSR count). The van der Waals surface area contributed by atoms with E-state index < -0.39 is 0 Å². The minimum absolute atomic E-state index is 0.356. The van der Waals surface area contributed by atoms with E-state index in [0.29, 0.717) is 11.8 Å². The van der Waals surface area contributed by atoms with Gasteiger partial charge in [-0.15, -0.1) is 0 Å². The molecule has 2 aliphatic rings. The number of rotatable bonds is 5. The van der Waals surface area contributed by atoms with Gasteiger partial charge in [0.2, 0.25) is 0 Å². The van der Waals surface area contributed by atoms with Gasteiger partial charge < -0.3 is 10.4 Å². The molecule has 0 aromatic heterocycles. The Bertz CT molecular complexity index is 380. The molecule has 98 valence electrons. The van der Waals surface area contributed by atoms with Crippen LogP contribution in [0.15, 0.2) is 24.3 Å². The quantitative estimate of drug-likeness (QED) is 0.835. The topological polar surface area (TPSA) is 35.5 Å². The Morgan fingerprint density at radius 1 is 1.17 bits per heavy atom. The number of phenolic OH excluding ortho intramolecular Hbond substituents is 1. The van der Waals surface area contributed by atoms with Crippen LogP contribution in [0.1, 0.15) is 31.2 Å². The molecule has 0 amide bonds. The average molecular weight is 246 g/mol. The van der Waals surface area contributed by atoms with Crippen molar-refractivity contribution in [2.75, 3.05) is 13.1 Å². The second-order valence-corrected chi connectivity index (χ2v) is 5.62. The molecular weight excluding hydrogens is 224 g/mol. The summed E-state index contributed by atoms with van der Waals surface area (Å²) in [5, 5.41) is 12.9. The summed E-state index contributed by atoms with van der Waals surface area (Å²) in [6, 6.07) is 9.12. The van der Waals surface area contributed by atoms with Crippen molar-refractivity contribution in [3.8, 4) is 5.75 Å². The molecule has 1 aromatic rings. The van der Waals surface area contributed by atoms with Crippen molar-refractivity contribution in [2.24, 2.45) is 0 Å². The van der Waals surface area contributed by atoms with Crippen LogP contribution in [0, 0.1) is 0 Å². The van der Waals surface area contributed by atoms with E-state index in [4.69, 9.17) is 0 Å². The van der Waals surface area contributed by atoms with Crippen LogP contribution in [0.4, 0.5) is 0 Å². The van der Waals surface area contributed by atoms with Crippen molar-refractivity contribution in [3.63, 3.8) is 0 Å². The Morgan fingerprint density at radius 3 is 2.56 bits per heavy atom. The molecule has 0 spiro atoms. The number of nitrogens with zero attached hydrogens (tertiary/aromatic N) is 1. The van der Waals surface area contributed by atoms with Crippen molar-refractivity contribution >= 4 is 0 Å². The predicted molar refractivity (Wildman–Crippen MR) is 72.6 cm³/mol. The molecule has 1 aliphatic carbocycles. The van der Waals surface area contributed by atoms with Crippen molar-refractivity contribution in [1.29, 1.82) is 0 Å². The minimum Gasteiger partial charge on any atom is -0.508 e. The lowest BCUT2D eigenvalue weighted by molar-refractivity contribution is 0.231. The summed E-state index contributed by atoms with van der Waals surface area (Å²) in [5.74, 6) is 0.356. The third-order valence-corrected chi connectivity index (χ3v) is 4.00. The predicted octanol–water partition coefficient (Wildman–Crippen LogP) is 2.11. The lowest BCUT2D eigenvalue weighted by Crippen LogP contribution is -2.38. The van der Waals surface area contributed by atoms with E-state index in [-0.39, 0.29) is 0 Å². The smallest absolute Gasteiger partial charge is 0.115 e. The molecule has 3 nitrogen and oxygen atoms in total. The highest BCUT2D eigenvalue weighted by Gasteiger charge is 2.31. The van der Waals surface area contributed by atoms with Gasteiger partial charge in [0.25, 0.3) is 0 Å². The molecule has 1 aliphatic heterocycles. The summed E-state index contributed by atoms with van der Waals surface area (Å²) >= 11 is 0. The number of hydrogen-bond donors (Lipinski definition) is 2. The molecule has 1 saturated carbocycles. The average Bonchev–Trinajstić information content (AvgIpc) is 3.10. The molecule has 3 heteroatoms. The van der Waals surface area contributed by atoms with Crippen molar-refractivity contribution in [3.05, 3.63) is 29.8 Å². The lowest BCUT2D eigenvalue weighted by Gasteiger charge is -2.25. The van der Waals surface area contributed by atoms with Crippen LogP contribution in [-0.4, -0.2) is 35.2 Å². The van der Waals surface area contributed by atoms with Gasteiger partial charge in [-0.05, 0) is 49.9 Å². The number of hydrogen-bond acceptors (Lipinski definition) is 3. The summed E-state index contributed by atoms with van der Waals surface area (Å²) in [6.07, 6.45) is 5.34. The fourth-order valence-electron chi connectivity index (χ4n) is 2.81. The Morgan fingerprint density at radius 2 is 1.94 bits per heavy atom. The molecular formula is C15H22N2O. The van der Waals surface area contributed by atoms with Gasteiger partial charge in [-0.1, -0.05) is 12.1 Å². The van der Waals surface area contributed by atoms with Crippen molar-refractivity contribution < 1.29 is 5.11 Å². The van der Waals surface area contributed by atoms with Gasteiger partial charge in [0.15, 0.2) is 0 Å². The summed E-state index contributed by atoms with van der Waals surface area (Å²) in [7, 11) is 0. The van der Waals surface area contributed by atoms with Gasteiger partial charge in [0.1, 0.15) is 5.75 Å². The van der Waals surface area contributed by atoms with Crippen molar-refractivity contribution in [1.82, 2.24) is 10.2 Å². The second-order valence-electron chi connectivity index (χ2n) is 5.62. The van der Waals surface area contributed by atoms with Crippen LogP contribution < -0.4 is 5.32 Å². The zero-order valence-electron chi connectivity index (χ0n) is 10.8. The highest BCUT2D eigenvalue weighted by atomic mass is 16.3. The van der Waals surface area contributed by atoms with E-state index in [9.17, 15) is 5.11 Å². The summed E-state index contributed by atoms with van der Waals surface area (Å²) in [6.45, 7) is 3.37. The Labute approximate surface area is 109 Å². The van der Waals surface area contributed by atoms with Crippen LogP contribution in [0.3, 0.4) is 0 Å². The van der Waals surface area contributed by atoms with Crippen LogP contribution in [-0.2, 0) is 6.54 Å². The molecule has 0 bridgehead atoms. The van der Waals surface area contributed by atoms with Gasteiger partial charge in [-0.25, -0.2) is 0 Å². The van der Waals surface area contributed by atoms with E-state index in [0.717, 1.165) is 12.6 Å². The molecule has 1 saturated heterocycles. The molecule has 1 atom stereocenters. The molecule has 2 N–H and O–H groups in total. The first-order chi connectivity index (χ1) is 8.81. The first kappa shape index (κ1) is 12.0. The van der Waals surface area contributed by atoms with Crippen LogP contribution in [0.5, 0.6) is 5.75 Å². The fraction of sp³-hybridized carbons (Fsp3) is 0.600. The summed E-state index contributed by atoms with van der Waals surface area (Å²) < 4.78 is 0. The first-order valence-corrected chi connectivity index (χ1v) is 7.06. The number of benzene rings is 1. The Hall–Kier alpha value is -1.06. The normalized spacial score (nSPS) is 23.7. The maximum atomic E-state index is 9.32. The standard InChI is InChI=1S/C15H22N2O/c18-15-7-3-12(4-8-15)10-17(14-5-6-14)11-13-2-1-9-16-13/h3-4,7-8,13-14,16,18H,1-2,5-6,9-11H2. The molecule has 1 aromatic carbocycles. The van der Waals surface area contributed by atoms with Gasteiger partial charge in [0.05, 0.1) is 0 Å². The number of nitrogens with one attached hydrogen (secondary N) is 1. The number of aromatic hydroxyl groups is 1.